The van der Waals surface area contributed by atoms with Gasteiger partial charge in [-0.15, -0.1) is 0 Å². The predicted octanol–water partition coefficient (Wildman–Crippen LogP) is 1.47. The number of aromatic nitrogens is 2. The lowest BCUT2D eigenvalue weighted by Crippen LogP contribution is -2.56. The van der Waals surface area contributed by atoms with Gasteiger partial charge in [-0.2, -0.15) is 5.10 Å². The Hall–Kier alpha value is -1.11. The second-order valence-corrected chi connectivity index (χ2v) is 6.15. The topological polar surface area (TPSA) is 78.6 Å². The summed E-state index contributed by atoms with van der Waals surface area (Å²) >= 11 is 5.82. The molecular formula is C14H22ClN3O3. The lowest BCUT2D eigenvalue weighted by molar-refractivity contribution is -0.164. The normalized spacial score (nSPS) is 26.9. The number of halogens is 1. The minimum atomic E-state index is -1.05. The Morgan fingerprint density at radius 2 is 2.33 bits per heavy atom. The number of carbonyl (C=O) groups is 1. The van der Waals surface area contributed by atoms with E-state index in [-0.39, 0.29) is 0 Å². The van der Waals surface area contributed by atoms with E-state index >= 15 is 0 Å². The number of nitrogens with zero attached hydrogens (tertiary/aromatic N) is 3. The Balaban J connectivity index is 2.00. The van der Waals surface area contributed by atoms with Crippen LogP contribution in [0.2, 0.25) is 5.02 Å². The number of hydrogen-bond donors (Lipinski definition) is 2. The van der Waals surface area contributed by atoms with Crippen molar-refractivity contribution in [2.45, 2.75) is 38.8 Å². The highest BCUT2D eigenvalue weighted by atomic mass is 35.5. The van der Waals surface area contributed by atoms with Gasteiger partial charge in [0.25, 0.3) is 0 Å². The van der Waals surface area contributed by atoms with Crippen LogP contribution in [0.25, 0.3) is 0 Å². The molecule has 6 nitrogen and oxygen atoms in total. The van der Waals surface area contributed by atoms with Gasteiger partial charge >= 0.3 is 5.97 Å². The molecule has 1 saturated heterocycles. The highest BCUT2D eigenvalue weighted by Crippen LogP contribution is 2.35. The molecule has 0 unspecified atom stereocenters. The van der Waals surface area contributed by atoms with Crippen LogP contribution in [0.5, 0.6) is 0 Å². The van der Waals surface area contributed by atoms with E-state index < -0.39 is 17.5 Å². The Morgan fingerprint density at radius 1 is 1.57 bits per heavy atom. The molecule has 21 heavy (non-hydrogen) atoms. The van der Waals surface area contributed by atoms with Crippen LogP contribution in [0, 0.1) is 5.41 Å². The third kappa shape index (κ3) is 3.56. The van der Waals surface area contributed by atoms with E-state index in [1.54, 1.807) is 17.1 Å². The molecule has 2 rings (SSSR count). The first-order valence-corrected chi connectivity index (χ1v) is 7.67. The van der Waals surface area contributed by atoms with E-state index in [9.17, 15) is 15.0 Å². The zero-order valence-electron chi connectivity index (χ0n) is 12.2. The standard InChI is InChI=1S/C14H22ClN3O3/c1-2-4-14(13(20)21)10-17(5-3-12(14)19)6-7-18-9-11(15)8-16-18/h8-9,12,19H,2-7,10H2,1H3,(H,20,21)/t12-,14+/m0/s1. The molecule has 0 saturated carbocycles. The van der Waals surface area contributed by atoms with Gasteiger partial charge in [-0.1, -0.05) is 24.9 Å². The Labute approximate surface area is 129 Å². The summed E-state index contributed by atoms with van der Waals surface area (Å²) in [5.41, 5.74) is -1.05. The van der Waals surface area contributed by atoms with Crippen molar-refractivity contribution in [3.05, 3.63) is 17.4 Å². The highest BCUT2D eigenvalue weighted by molar-refractivity contribution is 6.30. The molecule has 0 bridgehead atoms. The number of aliphatic hydroxyl groups is 1. The Kier molecular flexibility index (Phi) is 5.24. The largest absolute Gasteiger partial charge is 0.481 e. The number of piperidine rings is 1. The monoisotopic (exact) mass is 315 g/mol. The molecule has 1 aromatic heterocycles. The van der Waals surface area contributed by atoms with Crippen molar-refractivity contribution >= 4 is 17.6 Å². The molecular weight excluding hydrogens is 294 g/mol. The quantitative estimate of drug-likeness (QED) is 0.831. The number of aliphatic carboxylic acids is 1. The minimum Gasteiger partial charge on any atom is -0.481 e. The fourth-order valence-corrected chi connectivity index (χ4v) is 3.23. The first kappa shape index (κ1) is 16.3. The zero-order chi connectivity index (χ0) is 15.5. The van der Waals surface area contributed by atoms with Crippen molar-refractivity contribution < 1.29 is 15.0 Å². The lowest BCUT2D eigenvalue weighted by atomic mass is 9.74. The van der Waals surface area contributed by atoms with Gasteiger partial charge in [0.05, 0.1) is 23.9 Å². The van der Waals surface area contributed by atoms with Gasteiger partial charge in [-0.3, -0.25) is 9.48 Å². The average molecular weight is 316 g/mol. The van der Waals surface area contributed by atoms with Crippen molar-refractivity contribution in [3.8, 4) is 0 Å². The van der Waals surface area contributed by atoms with Gasteiger partial charge < -0.3 is 15.1 Å². The second kappa shape index (κ2) is 6.77. The molecule has 7 heteroatoms. The predicted molar refractivity (Wildman–Crippen MR) is 79.3 cm³/mol. The third-order valence-corrected chi connectivity index (χ3v) is 4.43. The lowest BCUT2D eigenvalue weighted by Gasteiger charge is -2.43. The summed E-state index contributed by atoms with van der Waals surface area (Å²) in [5.74, 6) is -0.899. The third-order valence-electron chi connectivity index (χ3n) is 4.23. The first-order chi connectivity index (χ1) is 9.98. The maximum absolute atomic E-state index is 11.7. The molecule has 0 radical (unpaired) electrons. The molecule has 2 atom stereocenters. The maximum atomic E-state index is 11.7. The molecule has 1 aliphatic rings. The second-order valence-electron chi connectivity index (χ2n) is 5.71. The summed E-state index contributed by atoms with van der Waals surface area (Å²) in [6, 6.07) is 0. The van der Waals surface area contributed by atoms with Crippen molar-refractivity contribution in [2.75, 3.05) is 19.6 Å². The summed E-state index contributed by atoms with van der Waals surface area (Å²) in [4.78, 5) is 13.8. The smallest absolute Gasteiger partial charge is 0.313 e. The maximum Gasteiger partial charge on any atom is 0.313 e. The fraction of sp³-hybridized carbons (Fsp3) is 0.714. The van der Waals surface area contributed by atoms with Gasteiger partial charge in [0.2, 0.25) is 0 Å². The molecule has 2 N–H and O–H groups in total. The van der Waals surface area contributed by atoms with Crippen LogP contribution >= 0.6 is 11.6 Å². The molecule has 1 aliphatic heterocycles. The van der Waals surface area contributed by atoms with E-state index in [4.69, 9.17) is 11.6 Å². The molecule has 2 heterocycles. The summed E-state index contributed by atoms with van der Waals surface area (Å²) in [5, 5.41) is 24.5. The van der Waals surface area contributed by atoms with Crippen LogP contribution in [0.1, 0.15) is 26.2 Å². The minimum absolute atomic E-state index is 0.381. The van der Waals surface area contributed by atoms with Crippen LogP contribution in [0.3, 0.4) is 0 Å². The Morgan fingerprint density at radius 3 is 2.90 bits per heavy atom. The summed E-state index contributed by atoms with van der Waals surface area (Å²) in [6.07, 6.45) is 4.29. The first-order valence-electron chi connectivity index (χ1n) is 7.29. The SMILES string of the molecule is CCC[C@@]1(C(=O)O)CN(CCn2cc(Cl)cn2)CC[C@@H]1O. The number of carboxylic acids is 1. The van der Waals surface area contributed by atoms with Crippen LogP contribution < -0.4 is 0 Å². The molecule has 1 aromatic rings. The van der Waals surface area contributed by atoms with Crippen LogP contribution in [0.15, 0.2) is 12.4 Å². The summed E-state index contributed by atoms with van der Waals surface area (Å²) in [7, 11) is 0. The Bertz CT molecular complexity index is 494. The van der Waals surface area contributed by atoms with Gasteiger partial charge in [0.1, 0.15) is 5.41 Å². The van der Waals surface area contributed by atoms with E-state index in [2.05, 4.69) is 10.00 Å². The number of rotatable bonds is 6. The van der Waals surface area contributed by atoms with E-state index in [0.717, 1.165) is 6.42 Å². The van der Waals surface area contributed by atoms with Gasteiger partial charge in [0.15, 0.2) is 0 Å². The summed E-state index contributed by atoms with van der Waals surface area (Å²) < 4.78 is 1.75. The van der Waals surface area contributed by atoms with Gasteiger partial charge in [0, 0.05) is 25.8 Å². The van der Waals surface area contributed by atoms with Crippen LogP contribution in [0.4, 0.5) is 0 Å². The molecule has 0 amide bonds. The van der Waals surface area contributed by atoms with E-state index in [1.807, 2.05) is 6.92 Å². The molecule has 118 valence electrons. The number of carboxylic acid groups (broad SMARTS) is 1. The van der Waals surface area contributed by atoms with Crippen molar-refractivity contribution in [1.82, 2.24) is 14.7 Å². The van der Waals surface area contributed by atoms with Crippen molar-refractivity contribution in [2.24, 2.45) is 5.41 Å². The zero-order valence-corrected chi connectivity index (χ0v) is 13.0. The van der Waals surface area contributed by atoms with E-state index in [1.165, 1.54) is 0 Å². The van der Waals surface area contributed by atoms with E-state index in [0.29, 0.717) is 44.0 Å². The highest BCUT2D eigenvalue weighted by Gasteiger charge is 2.48. The van der Waals surface area contributed by atoms with Gasteiger partial charge in [-0.05, 0) is 12.8 Å². The number of hydrogen-bond acceptors (Lipinski definition) is 4. The van der Waals surface area contributed by atoms with Crippen molar-refractivity contribution in [3.63, 3.8) is 0 Å². The number of likely N-dealkylation sites (tertiary alicyclic amines) is 1. The number of aliphatic hydroxyl groups excluding tert-OH is 1. The molecule has 0 spiro atoms. The average Bonchev–Trinajstić information content (AvgIpc) is 2.85. The van der Waals surface area contributed by atoms with Crippen molar-refractivity contribution in [1.29, 1.82) is 0 Å². The van der Waals surface area contributed by atoms with Crippen LogP contribution in [-0.4, -0.2) is 56.6 Å². The van der Waals surface area contributed by atoms with Crippen LogP contribution in [-0.2, 0) is 11.3 Å². The fourth-order valence-electron chi connectivity index (χ4n) is 3.07. The molecule has 1 fully saturated rings. The summed E-state index contributed by atoms with van der Waals surface area (Å²) in [6.45, 7) is 4.39. The van der Waals surface area contributed by atoms with Gasteiger partial charge in [-0.25, -0.2) is 0 Å². The molecule has 0 aliphatic carbocycles. The molecule has 0 aromatic carbocycles.